The molecule has 1 aromatic carbocycles. The van der Waals surface area contributed by atoms with Crippen molar-refractivity contribution in [2.24, 2.45) is 0 Å². The fraction of sp³-hybridized carbons (Fsp3) is 0.158. The van der Waals surface area contributed by atoms with Crippen LogP contribution < -0.4 is 5.73 Å². The minimum atomic E-state index is -0.395. The van der Waals surface area contributed by atoms with E-state index in [2.05, 4.69) is 4.98 Å². The third-order valence-corrected chi connectivity index (χ3v) is 4.65. The van der Waals surface area contributed by atoms with Crippen LogP contribution in [0.5, 0.6) is 0 Å². The molecule has 3 rings (SSSR count). The van der Waals surface area contributed by atoms with Crippen molar-refractivity contribution >= 4 is 45.4 Å². The summed E-state index contributed by atoms with van der Waals surface area (Å²) in [5, 5.41) is 0.806. The Bertz CT molecular complexity index is 914. The van der Waals surface area contributed by atoms with Crippen LogP contribution in [-0.4, -0.2) is 17.6 Å². The van der Waals surface area contributed by atoms with Gasteiger partial charge in [0.2, 0.25) is 0 Å². The van der Waals surface area contributed by atoms with Crippen molar-refractivity contribution < 1.29 is 9.53 Å². The van der Waals surface area contributed by atoms with Gasteiger partial charge < -0.3 is 10.5 Å². The van der Waals surface area contributed by atoms with Crippen LogP contribution >= 0.6 is 11.3 Å². The molecule has 0 aliphatic rings. The second-order valence-electron chi connectivity index (χ2n) is 5.34. The Balaban J connectivity index is 2.10. The first-order valence-corrected chi connectivity index (χ1v) is 8.51. The number of nitrogens with zero attached hydrogens (tertiary/aromatic N) is 1. The fourth-order valence-corrected chi connectivity index (χ4v) is 3.58. The normalized spacial score (nSPS) is 11.2. The summed E-state index contributed by atoms with van der Waals surface area (Å²) in [6.45, 7) is 4.02. The topological polar surface area (TPSA) is 65.2 Å². The van der Waals surface area contributed by atoms with Gasteiger partial charge in [0.05, 0.1) is 12.3 Å². The van der Waals surface area contributed by atoms with Crippen molar-refractivity contribution in [1.82, 2.24) is 4.98 Å². The number of ether oxygens (including phenoxy) is 1. The molecule has 4 nitrogen and oxygen atoms in total. The molecule has 122 valence electrons. The molecule has 0 saturated heterocycles. The van der Waals surface area contributed by atoms with Gasteiger partial charge in [-0.2, -0.15) is 0 Å². The predicted molar refractivity (Wildman–Crippen MR) is 100 cm³/mol. The highest BCUT2D eigenvalue weighted by atomic mass is 32.1. The lowest BCUT2D eigenvalue weighted by atomic mass is 10.1. The molecule has 0 saturated carbocycles. The number of anilines is 1. The zero-order chi connectivity index (χ0) is 17.1. The lowest BCUT2D eigenvalue weighted by Gasteiger charge is -2.02. The zero-order valence-corrected chi connectivity index (χ0v) is 14.4. The Morgan fingerprint density at radius 1 is 1.29 bits per heavy atom. The van der Waals surface area contributed by atoms with Gasteiger partial charge >= 0.3 is 5.97 Å². The van der Waals surface area contributed by atoms with Gasteiger partial charge in [-0.25, -0.2) is 9.78 Å². The molecule has 0 bridgehead atoms. The summed E-state index contributed by atoms with van der Waals surface area (Å²) in [7, 11) is 0. The molecule has 2 N–H and O–H groups in total. The van der Waals surface area contributed by atoms with E-state index in [1.165, 1.54) is 11.3 Å². The maximum atomic E-state index is 12.1. The highest BCUT2D eigenvalue weighted by Crippen LogP contribution is 2.36. The minimum Gasteiger partial charge on any atom is -0.462 e. The Morgan fingerprint density at radius 3 is 2.75 bits per heavy atom. The Morgan fingerprint density at radius 2 is 2.04 bits per heavy atom. The van der Waals surface area contributed by atoms with Gasteiger partial charge in [-0.3, -0.25) is 0 Å². The molecule has 0 amide bonds. The van der Waals surface area contributed by atoms with E-state index in [9.17, 15) is 4.79 Å². The van der Waals surface area contributed by atoms with Crippen molar-refractivity contribution in [3.05, 3.63) is 58.1 Å². The van der Waals surface area contributed by atoms with E-state index in [1.807, 2.05) is 55.5 Å². The molecule has 24 heavy (non-hydrogen) atoms. The number of carbonyl (C=O) groups excluding carboxylic acids is 1. The summed E-state index contributed by atoms with van der Waals surface area (Å²) < 4.78 is 5.08. The number of nitrogens with two attached hydrogens (primary N) is 1. The van der Waals surface area contributed by atoms with E-state index in [0.717, 1.165) is 27.0 Å². The zero-order valence-electron chi connectivity index (χ0n) is 13.6. The summed E-state index contributed by atoms with van der Waals surface area (Å²) in [6, 6.07) is 12.0. The van der Waals surface area contributed by atoms with Gasteiger partial charge in [0, 0.05) is 11.1 Å². The summed E-state index contributed by atoms with van der Waals surface area (Å²) in [5.74, 6) is -0.395. The number of rotatable bonds is 4. The van der Waals surface area contributed by atoms with E-state index in [4.69, 9.17) is 10.5 Å². The van der Waals surface area contributed by atoms with Crippen LogP contribution in [-0.2, 0) is 4.74 Å². The average Bonchev–Trinajstić information content (AvgIpc) is 2.90. The number of hydrogen-bond donors (Lipinski definition) is 1. The fourth-order valence-electron chi connectivity index (χ4n) is 2.51. The number of fused-ring (bicyclic) bond motifs is 1. The van der Waals surface area contributed by atoms with Crippen molar-refractivity contribution in [1.29, 1.82) is 0 Å². The lowest BCUT2D eigenvalue weighted by Crippen LogP contribution is -2.04. The van der Waals surface area contributed by atoms with E-state index < -0.39 is 5.97 Å². The monoisotopic (exact) mass is 338 g/mol. The smallest absolute Gasteiger partial charge is 0.350 e. The van der Waals surface area contributed by atoms with Crippen LogP contribution in [0.1, 0.15) is 33.4 Å². The van der Waals surface area contributed by atoms with E-state index in [0.29, 0.717) is 17.2 Å². The third-order valence-electron chi connectivity index (χ3n) is 3.57. The van der Waals surface area contributed by atoms with Crippen LogP contribution in [0.4, 0.5) is 5.69 Å². The van der Waals surface area contributed by atoms with E-state index in [-0.39, 0.29) is 0 Å². The van der Waals surface area contributed by atoms with Gasteiger partial charge in [0.25, 0.3) is 0 Å². The van der Waals surface area contributed by atoms with Gasteiger partial charge in [-0.1, -0.05) is 42.5 Å². The number of benzene rings is 1. The Kier molecular flexibility index (Phi) is 4.62. The van der Waals surface area contributed by atoms with Crippen LogP contribution in [0.25, 0.3) is 22.4 Å². The van der Waals surface area contributed by atoms with Crippen LogP contribution in [0.3, 0.4) is 0 Å². The molecule has 0 radical (unpaired) electrons. The average molecular weight is 338 g/mol. The van der Waals surface area contributed by atoms with Crippen LogP contribution in [0.15, 0.2) is 36.4 Å². The van der Waals surface area contributed by atoms with Crippen molar-refractivity contribution in [2.75, 3.05) is 12.3 Å². The molecule has 2 heterocycles. The van der Waals surface area contributed by atoms with Crippen molar-refractivity contribution in [3.8, 4) is 0 Å². The maximum Gasteiger partial charge on any atom is 0.350 e. The molecule has 3 aromatic rings. The Labute approximate surface area is 144 Å². The molecular weight excluding hydrogens is 320 g/mol. The van der Waals surface area contributed by atoms with E-state index in [1.54, 1.807) is 6.92 Å². The number of pyridine rings is 1. The maximum absolute atomic E-state index is 12.1. The molecule has 2 aromatic heterocycles. The number of thiophene rings is 1. The standard InChI is InChI=1S/C19H18N2O2S/c1-3-23-19(22)17-16(20)15-14(11-12(2)21-18(15)24-17)10-9-13-7-5-4-6-8-13/h4-11H,3,20H2,1-2H3. The number of nitrogen functional groups attached to an aromatic ring is 1. The van der Waals surface area contributed by atoms with Gasteiger partial charge in [-0.15, -0.1) is 11.3 Å². The SMILES string of the molecule is CCOC(=O)c1sc2nc(C)cc(C=Cc3ccccc3)c2c1N. The summed E-state index contributed by atoms with van der Waals surface area (Å²) >= 11 is 1.28. The van der Waals surface area contributed by atoms with Crippen LogP contribution in [0.2, 0.25) is 0 Å². The van der Waals surface area contributed by atoms with Crippen LogP contribution in [0, 0.1) is 6.92 Å². The van der Waals surface area contributed by atoms with E-state index >= 15 is 0 Å². The minimum absolute atomic E-state index is 0.319. The highest BCUT2D eigenvalue weighted by molar-refractivity contribution is 7.21. The summed E-state index contributed by atoms with van der Waals surface area (Å²) in [6.07, 6.45) is 4.03. The first-order valence-electron chi connectivity index (χ1n) is 7.70. The summed E-state index contributed by atoms with van der Waals surface area (Å²) in [5.41, 5.74) is 9.59. The largest absolute Gasteiger partial charge is 0.462 e. The van der Waals surface area contributed by atoms with Crippen molar-refractivity contribution in [3.63, 3.8) is 0 Å². The summed E-state index contributed by atoms with van der Waals surface area (Å²) in [4.78, 5) is 17.8. The molecule has 0 spiro atoms. The van der Waals surface area contributed by atoms with Gasteiger partial charge in [0.1, 0.15) is 9.71 Å². The van der Waals surface area contributed by atoms with Gasteiger partial charge in [-0.05, 0) is 31.0 Å². The molecule has 5 heteroatoms. The first kappa shape index (κ1) is 16.2. The molecule has 0 aliphatic heterocycles. The molecule has 0 unspecified atom stereocenters. The molecular formula is C19H18N2O2S. The predicted octanol–water partition coefficient (Wildman–Crippen LogP) is 4.53. The van der Waals surface area contributed by atoms with Crippen molar-refractivity contribution in [2.45, 2.75) is 13.8 Å². The number of hydrogen-bond acceptors (Lipinski definition) is 5. The first-order chi connectivity index (χ1) is 11.6. The number of esters is 1. The molecule has 0 fully saturated rings. The Hall–Kier alpha value is -2.66. The second kappa shape index (κ2) is 6.84. The lowest BCUT2D eigenvalue weighted by molar-refractivity contribution is 0.0533. The third kappa shape index (κ3) is 3.16. The second-order valence-corrected chi connectivity index (χ2v) is 6.34. The van der Waals surface area contributed by atoms with Gasteiger partial charge in [0.15, 0.2) is 0 Å². The molecule has 0 atom stereocenters. The highest BCUT2D eigenvalue weighted by Gasteiger charge is 2.20. The molecule has 0 aliphatic carbocycles. The number of aromatic nitrogens is 1. The quantitative estimate of drug-likeness (QED) is 0.710. The number of aryl methyl sites for hydroxylation is 1. The number of carbonyl (C=O) groups is 1.